The predicted molar refractivity (Wildman–Crippen MR) is 96.9 cm³/mol. The Morgan fingerprint density at radius 1 is 1.22 bits per heavy atom. The van der Waals surface area contributed by atoms with E-state index in [1.807, 2.05) is 47.0 Å². The van der Waals surface area contributed by atoms with Crippen LogP contribution in [0.2, 0.25) is 0 Å². The van der Waals surface area contributed by atoms with Gasteiger partial charge in [0.1, 0.15) is 5.76 Å². The van der Waals surface area contributed by atoms with Crippen molar-refractivity contribution in [3.05, 3.63) is 54.5 Å². The summed E-state index contributed by atoms with van der Waals surface area (Å²) in [6.07, 6.45) is 3.30. The highest BCUT2D eigenvalue weighted by Crippen LogP contribution is 2.34. The summed E-state index contributed by atoms with van der Waals surface area (Å²) in [6, 6.07) is 14.2. The molecule has 1 aliphatic heterocycles. The molecule has 3 rings (SSSR count). The number of furan rings is 1. The molecule has 0 N–H and O–H groups in total. The first-order chi connectivity index (χ1) is 11.3. The van der Waals surface area contributed by atoms with Crippen LogP contribution in [-0.2, 0) is 4.79 Å². The monoisotopic (exact) mass is 347 g/mol. The van der Waals surface area contributed by atoms with Crippen LogP contribution in [0.25, 0.3) is 0 Å². The molecule has 23 heavy (non-hydrogen) atoms. The van der Waals surface area contributed by atoms with Crippen LogP contribution in [0.1, 0.15) is 23.9 Å². The van der Waals surface area contributed by atoms with Gasteiger partial charge in [-0.1, -0.05) is 18.2 Å². The van der Waals surface area contributed by atoms with Gasteiger partial charge in [-0.15, -0.1) is 23.5 Å². The van der Waals surface area contributed by atoms with E-state index in [1.165, 1.54) is 4.90 Å². The smallest absolute Gasteiger partial charge is 0.223 e. The molecular formula is C18H21NO2S2. The van der Waals surface area contributed by atoms with Gasteiger partial charge >= 0.3 is 0 Å². The fraction of sp³-hybridized carbons (Fsp3) is 0.389. The third-order valence-corrected chi connectivity index (χ3v) is 6.18. The lowest BCUT2D eigenvalue weighted by molar-refractivity contribution is -0.130. The van der Waals surface area contributed by atoms with Gasteiger partial charge < -0.3 is 9.32 Å². The molecule has 0 spiro atoms. The first-order valence-electron chi connectivity index (χ1n) is 7.93. The predicted octanol–water partition coefficient (Wildman–Crippen LogP) is 4.47. The van der Waals surface area contributed by atoms with Crippen molar-refractivity contribution in [2.75, 3.05) is 24.6 Å². The van der Waals surface area contributed by atoms with Crippen molar-refractivity contribution in [2.45, 2.75) is 23.0 Å². The van der Waals surface area contributed by atoms with Crippen molar-refractivity contribution in [3.8, 4) is 0 Å². The second-order valence-corrected chi connectivity index (χ2v) is 7.93. The molecule has 1 fully saturated rings. The SMILES string of the molecule is O=C(CCSc1ccccc1)N1CCSC(c2ccco2)CC1. The zero-order chi connectivity index (χ0) is 15.9. The van der Waals surface area contributed by atoms with Crippen LogP contribution in [-0.4, -0.2) is 35.4 Å². The molecule has 1 amide bonds. The summed E-state index contributed by atoms with van der Waals surface area (Å²) in [6.45, 7) is 1.67. The Balaban J connectivity index is 1.44. The summed E-state index contributed by atoms with van der Waals surface area (Å²) in [5.74, 6) is 3.12. The average molecular weight is 348 g/mol. The lowest BCUT2D eigenvalue weighted by Crippen LogP contribution is -2.33. The van der Waals surface area contributed by atoms with Gasteiger partial charge in [0.2, 0.25) is 5.91 Å². The molecule has 2 aromatic rings. The summed E-state index contributed by atoms with van der Waals surface area (Å²) in [5, 5.41) is 0.376. The second kappa shape index (κ2) is 8.50. The molecule has 0 saturated carbocycles. The van der Waals surface area contributed by atoms with Gasteiger partial charge in [-0.05, 0) is 30.7 Å². The number of hydrogen-bond donors (Lipinski definition) is 0. The quantitative estimate of drug-likeness (QED) is 0.747. The van der Waals surface area contributed by atoms with Crippen molar-refractivity contribution in [2.24, 2.45) is 0 Å². The fourth-order valence-corrected chi connectivity index (χ4v) is 4.70. The largest absolute Gasteiger partial charge is 0.468 e. The topological polar surface area (TPSA) is 33.5 Å². The number of benzene rings is 1. The van der Waals surface area contributed by atoms with Gasteiger partial charge in [0, 0.05) is 35.9 Å². The second-order valence-electron chi connectivity index (χ2n) is 5.46. The maximum absolute atomic E-state index is 12.4. The normalized spacial score (nSPS) is 18.6. The van der Waals surface area contributed by atoms with E-state index in [4.69, 9.17) is 4.42 Å². The standard InChI is InChI=1S/C18H21NO2S2/c20-18(9-13-22-15-5-2-1-3-6-15)19-10-8-17(23-14-11-19)16-7-4-12-21-16/h1-7,12,17H,8-11,13-14H2. The Hall–Kier alpha value is -1.33. The molecular weight excluding hydrogens is 326 g/mol. The summed E-state index contributed by atoms with van der Waals surface area (Å²) >= 11 is 3.64. The van der Waals surface area contributed by atoms with Crippen LogP contribution in [0.5, 0.6) is 0 Å². The van der Waals surface area contributed by atoms with Gasteiger partial charge in [-0.3, -0.25) is 4.79 Å². The van der Waals surface area contributed by atoms with Gasteiger partial charge in [-0.25, -0.2) is 0 Å². The maximum Gasteiger partial charge on any atom is 0.223 e. The molecule has 5 heteroatoms. The highest BCUT2D eigenvalue weighted by Gasteiger charge is 2.23. The fourth-order valence-electron chi connectivity index (χ4n) is 2.65. The van der Waals surface area contributed by atoms with Gasteiger partial charge in [-0.2, -0.15) is 0 Å². The van der Waals surface area contributed by atoms with E-state index >= 15 is 0 Å². The minimum atomic E-state index is 0.272. The number of rotatable bonds is 5. The lowest BCUT2D eigenvalue weighted by atomic mass is 10.2. The van der Waals surface area contributed by atoms with Crippen LogP contribution in [0.4, 0.5) is 0 Å². The van der Waals surface area contributed by atoms with Gasteiger partial charge in [0.15, 0.2) is 0 Å². The van der Waals surface area contributed by atoms with Gasteiger partial charge in [0.05, 0.1) is 11.5 Å². The van der Waals surface area contributed by atoms with Crippen LogP contribution < -0.4 is 0 Å². The molecule has 0 aliphatic carbocycles. The van der Waals surface area contributed by atoms with Crippen molar-refractivity contribution < 1.29 is 9.21 Å². The zero-order valence-electron chi connectivity index (χ0n) is 13.0. The molecule has 1 aromatic carbocycles. The number of carbonyl (C=O) groups excluding carboxylic acids is 1. The maximum atomic E-state index is 12.4. The van der Waals surface area contributed by atoms with E-state index in [0.717, 1.165) is 36.8 Å². The number of hydrogen-bond acceptors (Lipinski definition) is 4. The first-order valence-corrected chi connectivity index (χ1v) is 9.97. The number of carbonyl (C=O) groups is 1. The van der Waals surface area contributed by atoms with Crippen LogP contribution in [0, 0.1) is 0 Å². The summed E-state index contributed by atoms with van der Waals surface area (Å²) in [4.78, 5) is 15.7. The van der Waals surface area contributed by atoms with Crippen molar-refractivity contribution in [3.63, 3.8) is 0 Å². The molecule has 1 unspecified atom stereocenters. The van der Waals surface area contributed by atoms with E-state index in [2.05, 4.69) is 12.1 Å². The lowest BCUT2D eigenvalue weighted by Gasteiger charge is -2.20. The molecule has 1 atom stereocenters. The van der Waals surface area contributed by atoms with Crippen molar-refractivity contribution in [1.29, 1.82) is 0 Å². The Morgan fingerprint density at radius 3 is 2.87 bits per heavy atom. The minimum absolute atomic E-state index is 0.272. The summed E-state index contributed by atoms with van der Waals surface area (Å²) < 4.78 is 5.51. The number of thioether (sulfide) groups is 2. The highest BCUT2D eigenvalue weighted by atomic mass is 32.2. The molecule has 122 valence electrons. The molecule has 2 heterocycles. The Morgan fingerprint density at radius 2 is 2.09 bits per heavy atom. The van der Waals surface area contributed by atoms with Gasteiger partial charge in [0.25, 0.3) is 0 Å². The molecule has 0 radical (unpaired) electrons. The van der Waals surface area contributed by atoms with E-state index in [9.17, 15) is 4.79 Å². The molecule has 3 nitrogen and oxygen atoms in total. The van der Waals surface area contributed by atoms with E-state index in [-0.39, 0.29) is 5.91 Å². The molecule has 1 aliphatic rings. The third kappa shape index (κ3) is 4.82. The van der Waals surface area contributed by atoms with E-state index in [1.54, 1.807) is 18.0 Å². The average Bonchev–Trinajstić information content (AvgIpc) is 3.00. The van der Waals surface area contributed by atoms with Crippen LogP contribution in [0.15, 0.2) is 58.0 Å². The number of amides is 1. The molecule has 1 aromatic heterocycles. The number of nitrogens with zero attached hydrogens (tertiary/aromatic N) is 1. The Labute approximate surface area is 145 Å². The first kappa shape index (κ1) is 16.5. The zero-order valence-corrected chi connectivity index (χ0v) is 14.7. The van der Waals surface area contributed by atoms with E-state index < -0.39 is 0 Å². The Bertz CT molecular complexity index is 601. The Kier molecular flexibility index (Phi) is 6.11. The van der Waals surface area contributed by atoms with Crippen LogP contribution >= 0.6 is 23.5 Å². The molecule has 1 saturated heterocycles. The highest BCUT2D eigenvalue weighted by molar-refractivity contribution is 7.99. The van der Waals surface area contributed by atoms with Crippen molar-refractivity contribution >= 4 is 29.4 Å². The van der Waals surface area contributed by atoms with E-state index in [0.29, 0.717) is 11.7 Å². The summed E-state index contributed by atoms with van der Waals surface area (Å²) in [7, 11) is 0. The summed E-state index contributed by atoms with van der Waals surface area (Å²) in [5.41, 5.74) is 0. The minimum Gasteiger partial charge on any atom is -0.468 e. The third-order valence-electron chi connectivity index (χ3n) is 3.88. The molecule has 0 bridgehead atoms. The van der Waals surface area contributed by atoms with Crippen LogP contribution in [0.3, 0.4) is 0 Å². The van der Waals surface area contributed by atoms with Crippen molar-refractivity contribution in [1.82, 2.24) is 4.90 Å².